The van der Waals surface area contributed by atoms with Crippen molar-refractivity contribution in [2.24, 2.45) is 0 Å². The summed E-state index contributed by atoms with van der Waals surface area (Å²) in [5.41, 5.74) is 2.97. The Morgan fingerprint density at radius 1 is 1.06 bits per heavy atom. The number of benzene rings is 2. The lowest BCUT2D eigenvalue weighted by atomic mass is 9.99. The van der Waals surface area contributed by atoms with E-state index >= 15 is 0 Å². The Balaban J connectivity index is 1.55. The van der Waals surface area contributed by atoms with Crippen LogP contribution in [0.2, 0.25) is 0 Å². The van der Waals surface area contributed by atoms with Gasteiger partial charge < -0.3 is 19.2 Å². The van der Waals surface area contributed by atoms with E-state index in [-0.39, 0.29) is 17.5 Å². The van der Waals surface area contributed by atoms with Crippen LogP contribution in [0.25, 0.3) is 33.6 Å². The minimum atomic E-state index is -3.65. The summed E-state index contributed by atoms with van der Waals surface area (Å²) in [4.78, 5) is 9.06. The Morgan fingerprint density at radius 2 is 1.86 bits per heavy atom. The third-order valence-electron chi connectivity index (χ3n) is 6.10. The van der Waals surface area contributed by atoms with Gasteiger partial charge in [-0.05, 0) is 42.7 Å². The molecule has 1 fully saturated rings. The molecule has 0 bridgehead atoms. The summed E-state index contributed by atoms with van der Waals surface area (Å²) in [6.07, 6.45) is 3.70. The minimum absolute atomic E-state index is 0.147. The van der Waals surface area contributed by atoms with Gasteiger partial charge in [-0.2, -0.15) is 0 Å². The molecule has 36 heavy (non-hydrogen) atoms. The van der Waals surface area contributed by atoms with Gasteiger partial charge in [-0.25, -0.2) is 23.1 Å². The number of fused-ring (bicyclic) bond motifs is 1. The van der Waals surface area contributed by atoms with Gasteiger partial charge in [-0.15, -0.1) is 0 Å². The van der Waals surface area contributed by atoms with E-state index < -0.39 is 10.0 Å². The first-order valence-electron chi connectivity index (χ1n) is 11.8. The molecule has 2 aromatic carbocycles. The van der Waals surface area contributed by atoms with E-state index in [0.29, 0.717) is 30.4 Å². The summed E-state index contributed by atoms with van der Waals surface area (Å²) >= 11 is 0. The summed E-state index contributed by atoms with van der Waals surface area (Å²) in [5.74, 6) is 1.26. The fourth-order valence-electron chi connectivity index (χ4n) is 4.31. The first-order valence-corrected chi connectivity index (χ1v) is 13.3. The Bertz CT molecular complexity index is 1420. The summed E-state index contributed by atoms with van der Waals surface area (Å²) < 4.78 is 44.6. The number of ether oxygens (including phenoxy) is 2. The molecule has 0 saturated carbocycles. The van der Waals surface area contributed by atoms with Crippen LogP contribution in [0.1, 0.15) is 12.8 Å². The van der Waals surface area contributed by atoms with Crippen molar-refractivity contribution in [2.45, 2.75) is 23.8 Å². The smallest absolute Gasteiger partial charge is 0.240 e. The van der Waals surface area contributed by atoms with Crippen LogP contribution in [0.15, 0.2) is 70.2 Å². The molecule has 0 radical (unpaired) electrons. The fourth-order valence-corrected chi connectivity index (χ4v) is 5.33. The normalized spacial score (nSPS) is 16.0. The first kappa shape index (κ1) is 24.4. The zero-order valence-electron chi connectivity index (χ0n) is 19.9. The fraction of sp³-hybridized carbons (Fsp3) is 0.308. The minimum Gasteiger partial charge on any atom is -0.437 e. The van der Waals surface area contributed by atoms with Crippen molar-refractivity contribution in [1.29, 1.82) is 0 Å². The lowest BCUT2D eigenvalue weighted by Crippen LogP contribution is -2.27. The molecule has 2 aromatic heterocycles. The standard InChI is InChI=1S/C26H28N4O5S/c1-33-15-13-30-36(31,32)21-11-9-19(10-12-21)24-22(18-6-3-2-4-7-18)23-25(28-17-29-26(23)35-24)27-16-20-8-5-14-34-20/h2-4,6-7,9-12,17,20,30H,5,8,13-16H2,1H3,(H,27,28,29). The van der Waals surface area contributed by atoms with Gasteiger partial charge in [-0.1, -0.05) is 30.3 Å². The van der Waals surface area contributed by atoms with E-state index in [1.165, 1.54) is 13.4 Å². The van der Waals surface area contributed by atoms with E-state index in [4.69, 9.17) is 13.9 Å². The Hall–Kier alpha value is -3.31. The summed E-state index contributed by atoms with van der Waals surface area (Å²) in [7, 11) is -2.12. The lowest BCUT2D eigenvalue weighted by Gasteiger charge is -2.12. The molecule has 0 spiro atoms. The molecule has 1 aliphatic heterocycles. The molecular formula is C26H28N4O5S. The predicted molar refractivity (Wildman–Crippen MR) is 137 cm³/mol. The second-order valence-corrected chi connectivity index (χ2v) is 10.3. The molecule has 5 rings (SSSR count). The number of furan rings is 1. The first-order chi connectivity index (χ1) is 17.6. The van der Waals surface area contributed by atoms with Gasteiger partial charge in [0, 0.05) is 37.9 Å². The van der Waals surface area contributed by atoms with Crippen LogP contribution in [0.5, 0.6) is 0 Å². The van der Waals surface area contributed by atoms with Gasteiger partial charge in [0.05, 0.1) is 23.0 Å². The number of rotatable bonds is 10. The molecule has 1 atom stereocenters. The molecule has 1 saturated heterocycles. The molecule has 2 N–H and O–H groups in total. The van der Waals surface area contributed by atoms with Crippen LogP contribution in [-0.2, 0) is 19.5 Å². The van der Waals surface area contributed by atoms with Crippen molar-refractivity contribution in [3.63, 3.8) is 0 Å². The maximum atomic E-state index is 12.6. The van der Waals surface area contributed by atoms with Crippen LogP contribution in [0.4, 0.5) is 5.82 Å². The number of sulfonamides is 1. The molecule has 4 aromatic rings. The van der Waals surface area contributed by atoms with E-state index in [2.05, 4.69) is 20.0 Å². The van der Waals surface area contributed by atoms with Gasteiger partial charge in [0.2, 0.25) is 15.7 Å². The van der Waals surface area contributed by atoms with E-state index in [9.17, 15) is 8.42 Å². The summed E-state index contributed by atoms with van der Waals surface area (Å²) in [5, 5.41) is 4.20. The molecule has 1 unspecified atom stereocenters. The van der Waals surface area contributed by atoms with Crippen LogP contribution >= 0.6 is 0 Å². The Labute approximate surface area is 209 Å². The number of nitrogens with one attached hydrogen (secondary N) is 2. The molecule has 0 amide bonds. The molecule has 0 aliphatic carbocycles. The highest BCUT2D eigenvalue weighted by Gasteiger charge is 2.24. The van der Waals surface area contributed by atoms with E-state index in [1.54, 1.807) is 24.3 Å². The van der Waals surface area contributed by atoms with Gasteiger partial charge >= 0.3 is 0 Å². The number of nitrogens with zero attached hydrogens (tertiary/aromatic N) is 2. The predicted octanol–water partition coefficient (Wildman–Crippen LogP) is 4.07. The van der Waals surface area contributed by atoms with E-state index in [0.717, 1.165) is 41.5 Å². The molecule has 188 valence electrons. The largest absolute Gasteiger partial charge is 0.437 e. The monoisotopic (exact) mass is 508 g/mol. The summed E-state index contributed by atoms with van der Waals surface area (Å²) in [6.45, 7) is 1.91. The second kappa shape index (κ2) is 10.8. The van der Waals surface area contributed by atoms with Crippen LogP contribution in [-0.4, -0.2) is 57.9 Å². The van der Waals surface area contributed by atoms with Gasteiger partial charge in [0.1, 0.15) is 17.9 Å². The molecular weight excluding hydrogens is 480 g/mol. The Kier molecular flexibility index (Phi) is 7.28. The molecule has 3 heterocycles. The summed E-state index contributed by atoms with van der Waals surface area (Å²) in [6, 6.07) is 16.5. The molecule has 1 aliphatic rings. The Morgan fingerprint density at radius 3 is 2.58 bits per heavy atom. The highest BCUT2D eigenvalue weighted by molar-refractivity contribution is 7.89. The second-order valence-electron chi connectivity index (χ2n) is 8.51. The van der Waals surface area contributed by atoms with Crippen molar-refractivity contribution in [3.05, 3.63) is 60.9 Å². The zero-order chi connectivity index (χ0) is 25.0. The zero-order valence-corrected chi connectivity index (χ0v) is 20.8. The average molecular weight is 509 g/mol. The number of hydrogen-bond donors (Lipinski definition) is 2. The SMILES string of the molecule is COCCNS(=O)(=O)c1ccc(-c2oc3ncnc(NCC4CCCO4)c3c2-c2ccccc2)cc1. The number of methoxy groups -OCH3 is 1. The van der Waals surface area contributed by atoms with Gasteiger partial charge in [-0.3, -0.25) is 0 Å². The van der Waals surface area contributed by atoms with E-state index in [1.807, 2.05) is 30.3 Å². The van der Waals surface area contributed by atoms with Crippen LogP contribution < -0.4 is 10.0 Å². The van der Waals surface area contributed by atoms with Gasteiger partial charge in [0.25, 0.3) is 0 Å². The highest BCUT2D eigenvalue weighted by atomic mass is 32.2. The number of aromatic nitrogens is 2. The van der Waals surface area contributed by atoms with Crippen LogP contribution in [0.3, 0.4) is 0 Å². The quantitative estimate of drug-likeness (QED) is 0.308. The van der Waals surface area contributed by atoms with Crippen molar-refractivity contribution in [3.8, 4) is 22.5 Å². The maximum absolute atomic E-state index is 12.6. The van der Waals surface area contributed by atoms with Crippen molar-refractivity contribution >= 4 is 26.9 Å². The molecule has 10 heteroatoms. The highest BCUT2D eigenvalue weighted by Crippen LogP contribution is 2.42. The van der Waals surface area contributed by atoms with Crippen molar-refractivity contribution in [1.82, 2.24) is 14.7 Å². The third kappa shape index (κ3) is 5.12. The van der Waals surface area contributed by atoms with Crippen molar-refractivity contribution in [2.75, 3.05) is 38.7 Å². The van der Waals surface area contributed by atoms with Gasteiger partial charge in [0.15, 0.2) is 0 Å². The number of hydrogen-bond acceptors (Lipinski definition) is 8. The average Bonchev–Trinajstić information content (AvgIpc) is 3.56. The number of anilines is 1. The van der Waals surface area contributed by atoms with Crippen molar-refractivity contribution < 1.29 is 22.3 Å². The third-order valence-corrected chi connectivity index (χ3v) is 7.57. The van der Waals surface area contributed by atoms with Crippen LogP contribution in [0, 0.1) is 0 Å². The lowest BCUT2D eigenvalue weighted by molar-refractivity contribution is 0.120. The molecule has 9 nitrogen and oxygen atoms in total. The topological polar surface area (TPSA) is 116 Å². The maximum Gasteiger partial charge on any atom is 0.240 e.